The molecule has 2 aromatic heterocycles. The third-order valence-electron chi connectivity index (χ3n) is 4.74. The minimum Gasteiger partial charge on any atom is -0.352 e. The van der Waals surface area contributed by atoms with Gasteiger partial charge in [0.25, 0.3) is 0 Å². The standard InChI is InChI=1S/C17H18ClN3S2/c18-14-9-8-13(23-14)16-15(12-7-3-4-10-19-12)20-17(22)21(16)11-5-1-2-6-11/h3-4,7-11,15-16H,1-2,5-6H2,(H,20,22)/t15-,16+/m1/s1. The molecule has 2 aliphatic rings. The first-order valence-corrected chi connectivity index (χ1v) is 9.59. The van der Waals surface area contributed by atoms with Crippen LogP contribution in [-0.2, 0) is 0 Å². The first kappa shape index (κ1) is 15.4. The van der Waals surface area contributed by atoms with Crippen LogP contribution in [-0.4, -0.2) is 21.0 Å². The summed E-state index contributed by atoms with van der Waals surface area (Å²) in [5.41, 5.74) is 1.03. The zero-order valence-electron chi connectivity index (χ0n) is 12.6. The summed E-state index contributed by atoms with van der Waals surface area (Å²) in [4.78, 5) is 8.22. The third-order valence-corrected chi connectivity index (χ3v) is 6.37. The van der Waals surface area contributed by atoms with Gasteiger partial charge in [0.05, 0.1) is 22.1 Å². The lowest BCUT2D eigenvalue weighted by molar-refractivity contribution is 0.249. The number of hydrogen-bond donors (Lipinski definition) is 1. The summed E-state index contributed by atoms with van der Waals surface area (Å²) < 4.78 is 0.823. The van der Waals surface area contributed by atoms with Gasteiger partial charge in [-0.1, -0.05) is 30.5 Å². The molecule has 23 heavy (non-hydrogen) atoms. The molecular formula is C17H18ClN3S2. The van der Waals surface area contributed by atoms with E-state index in [1.807, 2.05) is 24.4 Å². The van der Waals surface area contributed by atoms with Crippen LogP contribution in [0.1, 0.15) is 48.3 Å². The Morgan fingerprint density at radius 1 is 1.22 bits per heavy atom. The molecule has 1 saturated heterocycles. The second-order valence-corrected chi connectivity index (χ2v) is 8.25. The summed E-state index contributed by atoms with van der Waals surface area (Å²) in [5.74, 6) is 0. The SMILES string of the molecule is S=C1N[C@H](c2ccccn2)[C@H](c2ccc(Cl)s2)N1C1CCCC1. The molecule has 0 radical (unpaired) electrons. The third kappa shape index (κ3) is 2.86. The van der Waals surface area contributed by atoms with Crippen molar-refractivity contribution in [2.24, 2.45) is 0 Å². The van der Waals surface area contributed by atoms with Crippen molar-refractivity contribution in [1.82, 2.24) is 15.2 Å². The highest BCUT2D eigenvalue weighted by Crippen LogP contribution is 2.45. The first-order chi connectivity index (χ1) is 11.2. The predicted molar refractivity (Wildman–Crippen MR) is 98.9 cm³/mol. The van der Waals surface area contributed by atoms with E-state index in [0.29, 0.717) is 6.04 Å². The summed E-state index contributed by atoms with van der Waals surface area (Å²) >= 11 is 13.5. The van der Waals surface area contributed by atoms with Gasteiger partial charge in [-0.3, -0.25) is 4.98 Å². The highest BCUT2D eigenvalue weighted by molar-refractivity contribution is 7.80. The van der Waals surface area contributed by atoms with Crippen LogP contribution in [0.5, 0.6) is 0 Å². The van der Waals surface area contributed by atoms with Gasteiger partial charge in [-0.15, -0.1) is 11.3 Å². The molecule has 1 saturated carbocycles. The number of nitrogens with zero attached hydrogens (tertiary/aromatic N) is 2. The van der Waals surface area contributed by atoms with Crippen molar-refractivity contribution in [2.75, 3.05) is 0 Å². The largest absolute Gasteiger partial charge is 0.352 e. The van der Waals surface area contributed by atoms with E-state index in [4.69, 9.17) is 23.8 Å². The molecule has 6 heteroatoms. The first-order valence-electron chi connectivity index (χ1n) is 7.99. The van der Waals surface area contributed by atoms with Gasteiger partial charge in [0, 0.05) is 17.1 Å². The summed E-state index contributed by atoms with van der Waals surface area (Å²) in [5, 5.41) is 4.36. The molecule has 1 N–H and O–H groups in total. The summed E-state index contributed by atoms with van der Waals surface area (Å²) in [6.45, 7) is 0. The maximum atomic E-state index is 6.21. The van der Waals surface area contributed by atoms with Crippen LogP contribution in [0.3, 0.4) is 0 Å². The fourth-order valence-corrected chi connectivity index (χ4v) is 5.32. The molecule has 4 rings (SSSR count). The van der Waals surface area contributed by atoms with Gasteiger partial charge in [0.2, 0.25) is 0 Å². The number of hydrogen-bond acceptors (Lipinski definition) is 3. The Morgan fingerprint density at radius 3 is 2.70 bits per heavy atom. The number of thiophene rings is 1. The van der Waals surface area contributed by atoms with Crippen molar-refractivity contribution >= 4 is 40.3 Å². The van der Waals surface area contributed by atoms with E-state index >= 15 is 0 Å². The Kier molecular flexibility index (Phi) is 4.26. The molecular weight excluding hydrogens is 346 g/mol. The molecule has 0 spiro atoms. The van der Waals surface area contributed by atoms with Gasteiger partial charge in [-0.05, 0) is 49.3 Å². The van der Waals surface area contributed by atoms with Crippen LogP contribution in [0, 0.1) is 0 Å². The average molecular weight is 364 g/mol. The normalized spacial score (nSPS) is 25.1. The molecule has 120 valence electrons. The minimum absolute atomic E-state index is 0.0824. The van der Waals surface area contributed by atoms with Gasteiger partial charge in [-0.25, -0.2) is 0 Å². The predicted octanol–water partition coefficient (Wildman–Crippen LogP) is 4.71. The van der Waals surface area contributed by atoms with E-state index in [2.05, 4.69) is 27.3 Å². The molecule has 0 unspecified atom stereocenters. The molecule has 1 aliphatic carbocycles. The van der Waals surface area contributed by atoms with E-state index in [0.717, 1.165) is 15.1 Å². The molecule has 0 amide bonds. The van der Waals surface area contributed by atoms with Gasteiger partial charge in [-0.2, -0.15) is 0 Å². The molecule has 1 aliphatic heterocycles. The van der Waals surface area contributed by atoms with Gasteiger partial charge in [0.1, 0.15) is 0 Å². The van der Waals surface area contributed by atoms with Crippen LogP contribution in [0.4, 0.5) is 0 Å². The van der Waals surface area contributed by atoms with Crippen molar-refractivity contribution in [3.63, 3.8) is 0 Å². The van der Waals surface area contributed by atoms with Crippen molar-refractivity contribution in [3.8, 4) is 0 Å². The van der Waals surface area contributed by atoms with Crippen LogP contribution in [0.25, 0.3) is 0 Å². The van der Waals surface area contributed by atoms with Crippen LogP contribution >= 0.6 is 35.2 Å². The molecule has 3 nitrogen and oxygen atoms in total. The zero-order chi connectivity index (χ0) is 15.8. The summed E-state index contributed by atoms with van der Waals surface area (Å²) in [7, 11) is 0. The fourth-order valence-electron chi connectivity index (χ4n) is 3.73. The molecule has 0 bridgehead atoms. The van der Waals surface area contributed by atoms with Crippen LogP contribution < -0.4 is 5.32 Å². The Morgan fingerprint density at radius 2 is 2.04 bits per heavy atom. The van der Waals surface area contributed by atoms with Crippen molar-refractivity contribution in [2.45, 2.75) is 43.8 Å². The molecule has 2 atom stereocenters. The van der Waals surface area contributed by atoms with E-state index in [1.165, 1.54) is 30.6 Å². The van der Waals surface area contributed by atoms with Crippen molar-refractivity contribution in [3.05, 3.63) is 51.4 Å². The maximum Gasteiger partial charge on any atom is 0.170 e. The monoisotopic (exact) mass is 363 g/mol. The second-order valence-electron chi connectivity index (χ2n) is 6.11. The van der Waals surface area contributed by atoms with Crippen molar-refractivity contribution in [1.29, 1.82) is 0 Å². The highest BCUT2D eigenvalue weighted by Gasteiger charge is 2.44. The molecule has 2 aromatic rings. The number of thiocarbonyl (C=S) groups is 1. The van der Waals surface area contributed by atoms with E-state index < -0.39 is 0 Å². The van der Waals surface area contributed by atoms with Crippen LogP contribution in [0.15, 0.2) is 36.5 Å². The summed E-state index contributed by atoms with van der Waals surface area (Å²) in [6, 6.07) is 10.9. The Balaban J connectivity index is 1.75. The molecule has 0 aromatic carbocycles. The van der Waals surface area contributed by atoms with Gasteiger partial charge in [0.15, 0.2) is 5.11 Å². The Hall–Kier alpha value is -1.17. The van der Waals surface area contributed by atoms with Crippen molar-refractivity contribution < 1.29 is 0 Å². The minimum atomic E-state index is 0.0824. The van der Waals surface area contributed by atoms with E-state index in [1.54, 1.807) is 11.3 Å². The molecule has 3 heterocycles. The van der Waals surface area contributed by atoms with Gasteiger partial charge < -0.3 is 10.2 Å². The lowest BCUT2D eigenvalue weighted by atomic mass is 10.0. The number of halogens is 1. The quantitative estimate of drug-likeness (QED) is 0.799. The number of pyridine rings is 1. The topological polar surface area (TPSA) is 28.2 Å². The lowest BCUT2D eigenvalue weighted by Crippen LogP contribution is -2.37. The van der Waals surface area contributed by atoms with Crippen LogP contribution in [0.2, 0.25) is 4.34 Å². The maximum absolute atomic E-state index is 6.21. The summed E-state index contributed by atoms with van der Waals surface area (Å²) in [6.07, 6.45) is 6.85. The van der Waals surface area contributed by atoms with Gasteiger partial charge >= 0.3 is 0 Å². The highest BCUT2D eigenvalue weighted by atomic mass is 35.5. The zero-order valence-corrected chi connectivity index (χ0v) is 15.0. The smallest absolute Gasteiger partial charge is 0.170 e. The van der Waals surface area contributed by atoms with E-state index in [9.17, 15) is 0 Å². The number of aromatic nitrogens is 1. The van der Waals surface area contributed by atoms with E-state index in [-0.39, 0.29) is 12.1 Å². The molecule has 2 fully saturated rings. The Labute approximate surface area is 150 Å². The fraction of sp³-hybridized carbons (Fsp3) is 0.412. The second kappa shape index (κ2) is 6.38. The lowest BCUT2D eigenvalue weighted by Gasteiger charge is -2.32. The Bertz CT molecular complexity index is 697. The number of rotatable bonds is 3. The number of nitrogens with one attached hydrogen (secondary N) is 1. The average Bonchev–Trinajstić information content (AvgIpc) is 3.27.